The average molecular weight is 203 g/mol. The number of para-hydroxylation sites is 1. The number of hydrazine groups is 1. The second-order valence-electron chi connectivity index (χ2n) is 2.44. The molecule has 0 bridgehead atoms. The lowest BCUT2D eigenvalue weighted by Gasteiger charge is -2.07. The van der Waals surface area contributed by atoms with E-state index in [1.54, 1.807) is 0 Å². The van der Waals surface area contributed by atoms with Crippen LogP contribution in [0, 0.1) is 10.1 Å². The van der Waals surface area contributed by atoms with E-state index >= 15 is 0 Å². The van der Waals surface area contributed by atoms with Crippen LogP contribution in [0.25, 0.3) is 0 Å². The Morgan fingerprint density at radius 1 is 1.50 bits per heavy atom. The Labute approximate surface area is 77.6 Å². The van der Waals surface area contributed by atoms with Gasteiger partial charge in [-0.3, -0.25) is 16.0 Å². The molecule has 0 aliphatic carbocycles. The first-order chi connectivity index (χ1) is 6.57. The molecule has 0 saturated carbocycles. The molecule has 0 unspecified atom stereocenters. The van der Waals surface area contributed by atoms with Crippen molar-refractivity contribution in [3.8, 4) is 0 Å². The van der Waals surface area contributed by atoms with Gasteiger partial charge in [-0.2, -0.15) is 0 Å². The molecule has 0 radical (unpaired) electrons. The van der Waals surface area contributed by atoms with E-state index in [-0.39, 0.29) is 5.69 Å². The third-order valence-electron chi connectivity index (χ3n) is 1.65. The molecule has 0 aromatic heterocycles. The lowest BCUT2D eigenvalue weighted by Crippen LogP contribution is -2.11. The SMILES string of the molecule is NNc1c(C(F)F)cccc1[N+](=O)[O-]. The van der Waals surface area contributed by atoms with Crippen LogP contribution in [0.3, 0.4) is 0 Å². The molecule has 0 amide bonds. The number of benzene rings is 1. The number of anilines is 1. The third-order valence-corrected chi connectivity index (χ3v) is 1.65. The number of rotatable bonds is 3. The van der Waals surface area contributed by atoms with Crippen LogP contribution in [-0.4, -0.2) is 4.92 Å². The van der Waals surface area contributed by atoms with Crippen LogP contribution in [-0.2, 0) is 0 Å². The van der Waals surface area contributed by atoms with Crippen molar-refractivity contribution in [3.05, 3.63) is 33.9 Å². The van der Waals surface area contributed by atoms with Crippen molar-refractivity contribution >= 4 is 11.4 Å². The number of nitrogen functional groups attached to an aromatic ring is 1. The van der Waals surface area contributed by atoms with Crippen LogP contribution in [0.1, 0.15) is 12.0 Å². The zero-order chi connectivity index (χ0) is 10.7. The van der Waals surface area contributed by atoms with Crippen molar-refractivity contribution in [2.75, 3.05) is 5.43 Å². The predicted octanol–water partition coefficient (Wildman–Crippen LogP) is 1.82. The molecule has 0 heterocycles. The van der Waals surface area contributed by atoms with E-state index in [9.17, 15) is 18.9 Å². The number of nitrogens with two attached hydrogens (primary N) is 1. The summed E-state index contributed by atoms with van der Waals surface area (Å²) < 4.78 is 24.7. The highest BCUT2D eigenvalue weighted by Crippen LogP contribution is 2.33. The van der Waals surface area contributed by atoms with Crippen LogP contribution in [0.5, 0.6) is 0 Å². The molecule has 0 atom stereocenters. The van der Waals surface area contributed by atoms with Crippen molar-refractivity contribution < 1.29 is 13.7 Å². The maximum atomic E-state index is 12.3. The fraction of sp³-hybridized carbons (Fsp3) is 0.143. The van der Waals surface area contributed by atoms with Gasteiger partial charge in [-0.15, -0.1) is 0 Å². The molecule has 0 saturated heterocycles. The molecule has 1 aromatic rings. The standard InChI is InChI=1S/C7H7F2N3O2/c8-7(9)4-2-1-3-5(12(13)14)6(4)11-10/h1-3,7,11H,10H2. The molecule has 76 valence electrons. The third kappa shape index (κ3) is 1.77. The minimum atomic E-state index is -2.80. The Balaban J connectivity index is 3.32. The molecular weight excluding hydrogens is 196 g/mol. The van der Waals surface area contributed by atoms with E-state index in [2.05, 4.69) is 0 Å². The van der Waals surface area contributed by atoms with E-state index in [4.69, 9.17) is 5.84 Å². The maximum Gasteiger partial charge on any atom is 0.294 e. The normalized spacial score (nSPS) is 10.3. The number of hydrogen-bond acceptors (Lipinski definition) is 4. The van der Waals surface area contributed by atoms with Crippen molar-refractivity contribution in [2.45, 2.75) is 6.43 Å². The summed E-state index contributed by atoms with van der Waals surface area (Å²) in [5.74, 6) is 4.94. The molecule has 0 fully saturated rings. The Hall–Kier alpha value is -1.76. The van der Waals surface area contributed by atoms with Gasteiger partial charge in [0.05, 0.1) is 4.92 Å². The molecule has 1 rings (SSSR count). The minimum absolute atomic E-state index is 0.354. The smallest absolute Gasteiger partial charge is 0.294 e. The van der Waals surface area contributed by atoms with Crippen molar-refractivity contribution in [3.63, 3.8) is 0 Å². The van der Waals surface area contributed by atoms with E-state index < -0.39 is 22.6 Å². The van der Waals surface area contributed by atoms with E-state index in [0.717, 1.165) is 12.1 Å². The summed E-state index contributed by atoms with van der Waals surface area (Å²) in [7, 11) is 0. The van der Waals surface area contributed by atoms with E-state index in [0.29, 0.717) is 0 Å². The summed E-state index contributed by atoms with van der Waals surface area (Å²) in [5, 5.41) is 10.4. The summed E-state index contributed by atoms with van der Waals surface area (Å²) in [6, 6.07) is 3.36. The monoisotopic (exact) mass is 203 g/mol. The number of nitrogens with one attached hydrogen (secondary N) is 1. The summed E-state index contributed by atoms with van der Waals surface area (Å²) in [6.45, 7) is 0. The zero-order valence-electron chi connectivity index (χ0n) is 6.91. The molecule has 7 heteroatoms. The number of halogens is 2. The van der Waals surface area contributed by atoms with Gasteiger partial charge in [0.2, 0.25) is 0 Å². The maximum absolute atomic E-state index is 12.3. The molecular formula is C7H7F2N3O2. The van der Waals surface area contributed by atoms with Gasteiger partial charge in [0.1, 0.15) is 5.69 Å². The van der Waals surface area contributed by atoms with Gasteiger partial charge in [-0.05, 0) is 0 Å². The molecule has 5 nitrogen and oxygen atoms in total. The fourth-order valence-corrected chi connectivity index (χ4v) is 1.05. The fourth-order valence-electron chi connectivity index (χ4n) is 1.05. The first-order valence-electron chi connectivity index (χ1n) is 3.60. The lowest BCUT2D eigenvalue weighted by molar-refractivity contribution is -0.384. The highest BCUT2D eigenvalue weighted by molar-refractivity contribution is 5.66. The summed E-state index contributed by atoms with van der Waals surface area (Å²) in [5.41, 5.74) is 0.599. The predicted molar refractivity (Wildman–Crippen MR) is 45.9 cm³/mol. The number of alkyl halides is 2. The van der Waals surface area contributed by atoms with Crippen molar-refractivity contribution in [1.29, 1.82) is 0 Å². The van der Waals surface area contributed by atoms with Crippen LogP contribution < -0.4 is 11.3 Å². The van der Waals surface area contributed by atoms with Gasteiger partial charge in [0, 0.05) is 11.6 Å². The minimum Gasteiger partial charge on any atom is -0.318 e. The summed E-state index contributed by atoms with van der Waals surface area (Å²) >= 11 is 0. The largest absolute Gasteiger partial charge is 0.318 e. The molecule has 0 aliphatic heterocycles. The number of nitrogens with zero attached hydrogens (tertiary/aromatic N) is 1. The Kier molecular flexibility index (Phi) is 2.92. The second-order valence-corrected chi connectivity index (χ2v) is 2.44. The van der Waals surface area contributed by atoms with Crippen LogP contribution >= 0.6 is 0 Å². The second kappa shape index (κ2) is 3.97. The van der Waals surface area contributed by atoms with Crippen molar-refractivity contribution in [1.82, 2.24) is 0 Å². The van der Waals surface area contributed by atoms with Gasteiger partial charge >= 0.3 is 0 Å². The van der Waals surface area contributed by atoms with Gasteiger partial charge in [0.25, 0.3) is 12.1 Å². The molecule has 0 aliphatic rings. The average Bonchev–Trinajstić information content (AvgIpc) is 2.16. The number of hydrogen-bond donors (Lipinski definition) is 2. The van der Waals surface area contributed by atoms with Crippen LogP contribution in [0.15, 0.2) is 18.2 Å². The van der Waals surface area contributed by atoms with Crippen LogP contribution in [0.4, 0.5) is 20.2 Å². The van der Waals surface area contributed by atoms with E-state index in [1.165, 1.54) is 6.07 Å². The molecule has 1 aromatic carbocycles. The Bertz CT molecular complexity index is 357. The molecule has 0 spiro atoms. The zero-order valence-corrected chi connectivity index (χ0v) is 6.91. The first kappa shape index (κ1) is 10.3. The van der Waals surface area contributed by atoms with Crippen molar-refractivity contribution in [2.24, 2.45) is 5.84 Å². The Morgan fingerprint density at radius 3 is 2.57 bits per heavy atom. The topological polar surface area (TPSA) is 81.2 Å². The summed E-state index contributed by atoms with van der Waals surface area (Å²) in [6.07, 6.45) is -2.80. The highest BCUT2D eigenvalue weighted by Gasteiger charge is 2.21. The first-order valence-corrected chi connectivity index (χ1v) is 3.60. The van der Waals surface area contributed by atoms with Crippen LogP contribution in [0.2, 0.25) is 0 Å². The Morgan fingerprint density at radius 2 is 2.14 bits per heavy atom. The van der Waals surface area contributed by atoms with Gasteiger partial charge in [-0.25, -0.2) is 8.78 Å². The van der Waals surface area contributed by atoms with Gasteiger partial charge in [-0.1, -0.05) is 12.1 Å². The van der Waals surface area contributed by atoms with Gasteiger partial charge < -0.3 is 5.43 Å². The molecule has 14 heavy (non-hydrogen) atoms. The number of nitro groups is 1. The highest BCUT2D eigenvalue weighted by atomic mass is 19.3. The summed E-state index contributed by atoms with van der Waals surface area (Å²) in [4.78, 5) is 9.64. The molecule has 3 N–H and O–H groups in total. The lowest BCUT2D eigenvalue weighted by atomic mass is 10.1. The van der Waals surface area contributed by atoms with E-state index in [1.807, 2.05) is 5.43 Å². The quantitative estimate of drug-likeness (QED) is 0.446. The van der Waals surface area contributed by atoms with Gasteiger partial charge in [0.15, 0.2) is 0 Å². The number of nitro benzene ring substituents is 1.